The molecule has 0 aromatic carbocycles. The molecule has 6 atom stereocenters. The van der Waals surface area contributed by atoms with Gasteiger partial charge in [0.1, 0.15) is 0 Å². The van der Waals surface area contributed by atoms with Crippen molar-refractivity contribution in [1.29, 1.82) is 0 Å². The summed E-state index contributed by atoms with van der Waals surface area (Å²) in [6.45, 7) is 7.47. The second-order valence-corrected chi connectivity index (χ2v) is 11.9. The highest BCUT2D eigenvalue weighted by Crippen LogP contribution is 2.65. The SMILES string of the molecule is CC1(C)CCCCC(C2(C3CCCCC3(C)S)CCC2P)CC1. The minimum atomic E-state index is 0.269. The first-order valence-corrected chi connectivity index (χ1v) is 11.4. The van der Waals surface area contributed by atoms with E-state index >= 15 is 0 Å². The van der Waals surface area contributed by atoms with Crippen LogP contribution < -0.4 is 0 Å². The fourth-order valence-electron chi connectivity index (χ4n) is 6.40. The smallest absolute Gasteiger partial charge is 0.0135 e. The molecule has 6 unspecified atom stereocenters. The minimum absolute atomic E-state index is 0.269. The topological polar surface area (TPSA) is 0 Å². The standard InChI is InChI=1S/C21H39PS/c1-19(2)12-6-4-8-16(10-14-19)21(15-11-18(21)22)17-9-5-7-13-20(17,3)23/h16-18,23H,4-15,22H2,1-3H3. The van der Waals surface area contributed by atoms with Gasteiger partial charge >= 0.3 is 0 Å². The van der Waals surface area contributed by atoms with E-state index in [-0.39, 0.29) is 4.75 Å². The third-order valence-electron chi connectivity index (χ3n) is 7.99. The van der Waals surface area contributed by atoms with E-state index in [0.717, 1.165) is 17.5 Å². The van der Waals surface area contributed by atoms with Gasteiger partial charge in [0.05, 0.1) is 0 Å². The maximum absolute atomic E-state index is 5.23. The maximum atomic E-state index is 5.23. The summed E-state index contributed by atoms with van der Waals surface area (Å²) in [6, 6.07) is 0. The van der Waals surface area contributed by atoms with Gasteiger partial charge in [0, 0.05) is 4.75 Å². The second kappa shape index (κ2) is 6.83. The molecule has 0 amide bonds. The lowest BCUT2D eigenvalue weighted by atomic mass is 9.47. The summed E-state index contributed by atoms with van der Waals surface area (Å²) in [6.07, 6.45) is 17.3. The van der Waals surface area contributed by atoms with Crippen LogP contribution in [0.2, 0.25) is 0 Å². The van der Waals surface area contributed by atoms with Gasteiger partial charge in [-0.3, -0.25) is 0 Å². The summed E-state index contributed by atoms with van der Waals surface area (Å²) < 4.78 is 0.269. The van der Waals surface area contributed by atoms with Gasteiger partial charge < -0.3 is 0 Å². The lowest BCUT2D eigenvalue weighted by molar-refractivity contribution is -0.0539. The molecule has 0 bridgehead atoms. The molecule has 0 saturated heterocycles. The summed E-state index contributed by atoms with van der Waals surface area (Å²) in [5.74, 6) is 1.80. The van der Waals surface area contributed by atoms with E-state index in [1.807, 2.05) is 0 Å². The zero-order chi connectivity index (χ0) is 16.7. The Kier molecular flexibility index (Phi) is 5.51. The monoisotopic (exact) mass is 354 g/mol. The third-order valence-corrected chi connectivity index (χ3v) is 9.48. The van der Waals surface area contributed by atoms with Gasteiger partial charge in [-0.15, -0.1) is 9.24 Å². The Hall–Kier alpha value is 0.780. The molecule has 2 heteroatoms. The first kappa shape index (κ1) is 18.6. The normalized spacial score (nSPS) is 48.1. The van der Waals surface area contributed by atoms with Crippen LogP contribution in [-0.4, -0.2) is 10.4 Å². The largest absolute Gasteiger partial charge is 0.172 e. The van der Waals surface area contributed by atoms with Gasteiger partial charge in [-0.05, 0) is 79.7 Å². The van der Waals surface area contributed by atoms with Crippen molar-refractivity contribution in [2.45, 2.75) is 108 Å². The van der Waals surface area contributed by atoms with Crippen LogP contribution in [0.15, 0.2) is 0 Å². The van der Waals surface area contributed by atoms with E-state index in [0.29, 0.717) is 10.8 Å². The van der Waals surface area contributed by atoms with Crippen molar-refractivity contribution >= 4 is 21.9 Å². The molecular weight excluding hydrogens is 315 g/mol. The molecule has 134 valence electrons. The molecule has 3 aliphatic carbocycles. The van der Waals surface area contributed by atoms with Gasteiger partial charge in [0.15, 0.2) is 0 Å². The Morgan fingerprint density at radius 1 is 0.783 bits per heavy atom. The van der Waals surface area contributed by atoms with Crippen LogP contribution >= 0.6 is 21.9 Å². The molecule has 0 nitrogen and oxygen atoms in total. The Labute approximate surface area is 153 Å². The highest BCUT2D eigenvalue weighted by atomic mass is 32.1. The quantitative estimate of drug-likeness (QED) is 0.405. The van der Waals surface area contributed by atoms with Crippen LogP contribution in [0.1, 0.15) is 97.8 Å². The summed E-state index contributed by atoms with van der Waals surface area (Å²) in [5.41, 5.74) is 2.01. The molecule has 0 radical (unpaired) electrons. The molecule has 0 spiro atoms. The van der Waals surface area contributed by atoms with Crippen molar-refractivity contribution in [1.82, 2.24) is 0 Å². The predicted octanol–water partition coefficient (Wildman–Crippen LogP) is 6.89. The Bertz CT molecular complexity index is 416. The van der Waals surface area contributed by atoms with E-state index in [1.54, 1.807) is 0 Å². The Morgan fingerprint density at radius 2 is 1.48 bits per heavy atom. The summed E-state index contributed by atoms with van der Waals surface area (Å²) in [7, 11) is 3.27. The molecule has 0 aromatic heterocycles. The number of hydrogen-bond donors (Lipinski definition) is 1. The van der Waals surface area contributed by atoms with E-state index in [9.17, 15) is 0 Å². The zero-order valence-corrected chi connectivity index (χ0v) is 17.8. The van der Waals surface area contributed by atoms with E-state index < -0.39 is 0 Å². The molecule has 23 heavy (non-hydrogen) atoms. The van der Waals surface area contributed by atoms with Crippen molar-refractivity contribution in [3.8, 4) is 0 Å². The van der Waals surface area contributed by atoms with E-state index in [1.165, 1.54) is 77.0 Å². The highest BCUT2D eigenvalue weighted by molar-refractivity contribution is 7.81. The molecule has 0 aliphatic heterocycles. The first-order chi connectivity index (χ1) is 10.8. The minimum Gasteiger partial charge on any atom is -0.172 e. The van der Waals surface area contributed by atoms with Gasteiger partial charge in [0.2, 0.25) is 0 Å². The van der Waals surface area contributed by atoms with Crippen LogP contribution in [0.4, 0.5) is 0 Å². The molecule has 3 fully saturated rings. The molecular formula is C21H39PS. The van der Waals surface area contributed by atoms with E-state index in [4.69, 9.17) is 12.6 Å². The second-order valence-electron chi connectivity index (χ2n) is 10.1. The molecule has 0 aromatic rings. The summed E-state index contributed by atoms with van der Waals surface area (Å²) in [5, 5.41) is 0. The maximum Gasteiger partial charge on any atom is 0.0135 e. The Balaban J connectivity index is 1.85. The molecule has 0 heterocycles. The van der Waals surface area contributed by atoms with Crippen molar-refractivity contribution in [3.63, 3.8) is 0 Å². The molecule has 3 rings (SSSR count). The highest BCUT2D eigenvalue weighted by Gasteiger charge is 2.58. The number of thiol groups is 1. The fourth-order valence-corrected chi connectivity index (χ4v) is 7.76. The number of rotatable bonds is 2. The van der Waals surface area contributed by atoms with Crippen LogP contribution in [0.5, 0.6) is 0 Å². The third kappa shape index (κ3) is 3.53. The predicted molar refractivity (Wildman–Crippen MR) is 109 cm³/mol. The fraction of sp³-hybridized carbons (Fsp3) is 1.00. The Morgan fingerprint density at radius 3 is 2.09 bits per heavy atom. The van der Waals surface area contributed by atoms with Crippen LogP contribution in [0.25, 0.3) is 0 Å². The van der Waals surface area contributed by atoms with Crippen LogP contribution in [-0.2, 0) is 0 Å². The molecule has 3 saturated carbocycles. The average molecular weight is 355 g/mol. The average Bonchev–Trinajstić information content (AvgIpc) is 2.46. The van der Waals surface area contributed by atoms with Crippen molar-refractivity contribution < 1.29 is 0 Å². The van der Waals surface area contributed by atoms with E-state index in [2.05, 4.69) is 30.0 Å². The lowest BCUT2D eigenvalue weighted by Crippen LogP contribution is -2.58. The summed E-state index contributed by atoms with van der Waals surface area (Å²) >= 11 is 5.23. The van der Waals surface area contributed by atoms with Gasteiger partial charge in [0.25, 0.3) is 0 Å². The van der Waals surface area contributed by atoms with Crippen LogP contribution in [0, 0.1) is 22.7 Å². The van der Waals surface area contributed by atoms with Crippen molar-refractivity contribution in [3.05, 3.63) is 0 Å². The molecule has 3 aliphatic rings. The van der Waals surface area contributed by atoms with Crippen molar-refractivity contribution in [2.24, 2.45) is 22.7 Å². The van der Waals surface area contributed by atoms with Gasteiger partial charge in [-0.1, -0.05) is 46.5 Å². The lowest BCUT2D eigenvalue weighted by Gasteiger charge is -2.63. The van der Waals surface area contributed by atoms with Crippen LogP contribution in [0.3, 0.4) is 0 Å². The number of hydrogen-bond acceptors (Lipinski definition) is 1. The summed E-state index contributed by atoms with van der Waals surface area (Å²) in [4.78, 5) is 0. The molecule has 0 N–H and O–H groups in total. The first-order valence-electron chi connectivity index (χ1n) is 10.3. The van der Waals surface area contributed by atoms with Crippen molar-refractivity contribution in [2.75, 3.05) is 0 Å². The van der Waals surface area contributed by atoms with Gasteiger partial charge in [-0.2, -0.15) is 12.6 Å². The van der Waals surface area contributed by atoms with Gasteiger partial charge in [-0.25, -0.2) is 0 Å². The zero-order valence-electron chi connectivity index (χ0n) is 15.7.